The number of imidazole rings is 1. The Balaban J connectivity index is 2.37. The average molecular weight is 202 g/mol. The SMILES string of the molecule is NC(=O)c1cn(-c2ccc(N)cc2)cn1. The van der Waals surface area contributed by atoms with E-state index >= 15 is 0 Å². The summed E-state index contributed by atoms with van der Waals surface area (Å²) >= 11 is 0. The first kappa shape index (κ1) is 9.26. The number of benzene rings is 1. The molecule has 0 aliphatic heterocycles. The summed E-state index contributed by atoms with van der Waals surface area (Å²) < 4.78 is 1.71. The van der Waals surface area contributed by atoms with E-state index < -0.39 is 5.91 Å². The quantitative estimate of drug-likeness (QED) is 0.697. The van der Waals surface area contributed by atoms with Crippen molar-refractivity contribution in [2.75, 3.05) is 5.73 Å². The summed E-state index contributed by atoms with van der Waals surface area (Å²) in [6.07, 6.45) is 3.11. The highest BCUT2D eigenvalue weighted by molar-refractivity contribution is 5.90. The van der Waals surface area contributed by atoms with E-state index in [1.165, 1.54) is 6.33 Å². The van der Waals surface area contributed by atoms with Crippen molar-refractivity contribution in [2.45, 2.75) is 0 Å². The van der Waals surface area contributed by atoms with Crippen LogP contribution in [0.1, 0.15) is 10.5 Å². The Morgan fingerprint density at radius 1 is 1.27 bits per heavy atom. The third-order valence-corrected chi connectivity index (χ3v) is 2.03. The van der Waals surface area contributed by atoms with Gasteiger partial charge in [0.05, 0.1) is 0 Å². The van der Waals surface area contributed by atoms with Crippen molar-refractivity contribution in [1.29, 1.82) is 0 Å². The minimum absolute atomic E-state index is 0.242. The molecule has 0 atom stereocenters. The number of nitrogen functional groups attached to an aromatic ring is 1. The van der Waals surface area contributed by atoms with Crippen molar-refractivity contribution in [2.24, 2.45) is 5.73 Å². The Hall–Kier alpha value is -2.30. The van der Waals surface area contributed by atoms with Gasteiger partial charge in [-0.05, 0) is 24.3 Å². The number of amides is 1. The first-order valence-corrected chi connectivity index (χ1v) is 4.36. The zero-order valence-corrected chi connectivity index (χ0v) is 7.92. The summed E-state index contributed by atoms with van der Waals surface area (Å²) in [7, 11) is 0. The van der Waals surface area contributed by atoms with Gasteiger partial charge in [0.25, 0.3) is 5.91 Å². The lowest BCUT2D eigenvalue weighted by Gasteiger charge is -2.01. The molecule has 1 aromatic carbocycles. The Morgan fingerprint density at radius 2 is 1.93 bits per heavy atom. The molecule has 5 heteroatoms. The molecule has 0 aliphatic carbocycles. The molecule has 2 rings (SSSR count). The molecule has 5 nitrogen and oxygen atoms in total. The predicted molar refractivity (Wildman–Crippen MR) is 56.5 cm³/mol. The van der Waals surface area contributed by atoms with Crippen LogP contribution in [-0.2, 0) is 0 Å². The summed E-state index contributed by atoms with van der Waals surface area (Å²) in [5, 5.41) is 0. The van der Waals surface area contributed by atoms with Crippen molar-refractivity contribution >= 4 is 11.6 Å². The minimum atomic E-state index is -0.538. The molecular weight excluding hydrogens is 192 g/mol. The number of carbonyl (C=O) groups is 1. The lowest BCUT2D eigenvalue weighted by atomic mass is 10.3. The van der Waals surface area contributed by atoms with E-state index in [1.54, 1.807) is 22.9 Å². The summed E-state index contributed by atoms with van der Waals surface area (Å²) in [6.45, 7) is 0. The zero-order chi connectivity index (χ0) is 10.8. The highest BCUT2D eigenvalue weighted by atomic mass is 16.1. The lowest BCUT2D eigenvalue weighted by Crippen LogP contribution is -2.11. The van der Waals surface area contributed by atoms with Crippen LogP contribution in [0.25, 0.3) is 5.69 Å². The first-order valence-electron chi connectivity index (χ1n) is 4.36. The van der Waals surface area contributed by atoms with Crippen molar-refractivity contribution in [3.63, 3.8) is 0 Å². The van der Waals surface area contributed by atoms with Gasteiger partial charge in [-0.15, -0.1) is 0 Å². The van der Waals surface area contributed by atoms with Gasteiger partial charge in [-0.1, -0.05) is 0 Å². The number of nitrogens with zero attached hydrogens (tertiary/aromatic N) is 2. The lowest BCUT2D eigenvalue weighted by molar-refractivity contribution is 0.0996. The monoisotopic (exact) mass is 202 g/mol. The maximum atomic E-state index is 10.8. The number of nitrogens with two attached hydrogens (primary N) is 2. The van der Waals surface area contributed by atoms with Gasteiger partial charge in [-0.2, -0.15) is 0 Å². The molecule has 0 unspecified atom stereocenters. The molecule has 0 aliphatic rings. The number of rotatable bonds is 2. The normalized spacial score (nSPS) is 10.1. The number of aromatic nitrogens is 2. The molecule has 0 saturated carbocycles. The number of anilines is 1. The molecule has 0 radical (unpaired) electrons. The van der Waals surface area contributed by atoms with E-state index in [9.17, 15) is 4.79 Å². The van der Waals surface area contributed by atoms with E-state index in [1.807, 2.05) is 12.1 Å². The second-order valence-corrected chi connectivity index (χ2v) is 3.12. The average Bonchev–Trinajstić information content (AvgIpc) is 2.68. The topological polar surface area (TPSA) is 86.9 Å². The third-order valence-electron chi connectivity index (χ3n) is 2.03. The Kier molecular flexibility index (Phi) is 2.13. The second-order valence-electron chi connectivity index (χ2n) is 3.12. The van der Waals surface area contributed by atoms with E-state index in [2.05, 4.69) is 4.98 Å². The highest BCUT2D eigenvalue weighted by Crippen LogP contribution is 2.11. The molecule has 4 N–H and O–H groups in total. The fraction of sp³-hybridized carbons (Fsp3) is 0. The smallest absolute Gasteiger partial charge is 0.268 e. The molecular formula is C10H10N4O. The van der Waals surface area contributed by atoms with Gasteiger partial charge < -0.3 is 16.0 Å². The molecule has 0 spiro atoms. The first-order chi connectivity index (χ1) is 7.16. The highest BCUT2D eigenvalue weighted by Gasteiger charge is 2.04. The van der Waals surface area contributed by atoms with Crippen LogP contribution in [0.4, 0.5) is 5.69 Å². The fourth-order valence-electron chi connectivity index (χ4n) is 1.24. The maximum absolute atomic E-state index is 10.8. The second kappa shape index (κ2) is 3.45. The molecule has 76 valence electrons. The van der Waals surface area contributed by atoms with Crippen LogP contribution >= 0.6 is 0 Å². The van der Waals surface area contributed by atoms with Crippen molar-refractivity contribution in [3.05, 3.63) is 42.5 Å². The summed E-state index contributed by atoms with van der Waals surface area (Å²) in [6, 6.07) is 7.22. The minimum Gasteiger partial charge on any atom is -0.399 e. The van der Waals surface area contributed by atoms with Crippen LogP contribution in [0.2, 0.25) is 0 Å². The van der Waals surface area contributed by atoms with Crippen molar-refractivity contribution in [1.82, 2.24) is 9.55 Å². The maximum Gasteiger partial charge on any atom is 0.268 e. The Morgan fingerprint density at radius 3 is 2.47 bits per heavy atom. The molecule has 1 aromatic heterocycles. The van der Waals surface area contributed by atoms with Crippen LogP contribution in [0, 0.1) is 0 Å². The fourth-order valence-corrected chi connectivity index (χ4v) is 1.24. The Bertz CT molecular complexity index is 486. The number of carbonyl (C=O) groups excluding carboxylic acids is 1. The van der Waals surface area contributed by atoms with E-state index in [0.717, 1.165) is 5.69 Å². The molecule has 0 fully saturated rings. The van der Waals surface area contributed by atoms with Gasteiger partial charge >= 0.3 is 0 Å². The molecule has 1 heterocycles. The van der Waals surface area contributed by atoms with Crippen LogP contribution in [0.5, 0.6) is 0 Å². The predicted octanol–water partition coefficient (Wildman–Crippen LogP) is 0.553. The standard InChI is InChI=1S/C10H10N4O/c11-7-1-3-8(4-2-7)14-5-9(10(12)15)13-6-14/h1-6H,11H2,(H2,12,15). The van der Waals surface area contributed by atoms with E-state index in [-0.39, 0.29) is 5.69 Å². The van der Waals surface area contributed by atoms with Crippen LogP contribution in [0.3, 0.4) is 0 Å². The van der Waals surface area contributed by atoms with Gasteiger partial charge in [-0.3, -0.25) is 4.79 Å². The van der Waals surface area contributed by atoms with Gasteiger partial charge in [0.15, 0.2) is 0 Å². The van der Waals surface area contributed by atoms with Crippen molar-refractivity contribution < 1.29 is 4.79 Å². The molecule has 0 bridgehead atoms. The van der Waals surface area contributed by atoms with E-state index in [0.29, 0.717) is 5.69 Å². The molecule has 15 heavy (non-hydrogen) atoms. The van der Waals surface area contributed by atoms with Crippen molar-refractivity contribution in [3.8, 4) is 5.69 Å². The van der Waals surface area contributed by atoms with Crippen LogP contribution in [-0.4, -0.2) is 15.5 Å². The van der Waals surface area contributed by atoms with Gasteiger partial charge in [0.1, 0.15) is 12.0 Å². The van der Waals surface area contributed by atoms with Gasteiger partial charge in [-0.25, -0.2) is 4.98 Å². The third kappa shape index (κ3) is 1.80. The zero-order valence-electron chi connectivity index (χ0n) is 7.92. The van der Waals surface area contributed by atoms with Crippen LogP contribution in [0.15, 0.2) is 36.8 Å². The summed E-state index contributed by atoms with van der Waals surface area (Å²) in [5.74, 6) is -0.538. The largest absolute Gasteiger partial charge is 0.399 e. The van der Waals surface area contributed by atoms with Gasteiger partial charge in [0.2, 0.25) is 0 Å². The molecule has 2 aromatic rings. The molecule has 0 saturated heterocycles. The summed E-state index contributed by atoms with van der Waals surface area (Å²) in [4.78, 5) is 14.7. The number of primary amides is 1. The number of hydrogen-bond donors (Lipinski definition) is 2. The van der Waals surface area contributed by atoms with E-state index in [4.69, 9.17) is 11.5 Å². The number of hydrogen-bond acceptors (Lipinski definition) is 3. The van der Waals surface area contributed by atoms with Gasteiger partial charge in [0, 0.05) is 17.6 Å². The molecule has 1 amide bonds. The summed E-state index contributed by atoms with van der Waals surface area (Å²) in [5.41, 5.74) is 12.5. The van der Waals surface area contributed by atoms with Crippen LogP contribution < -0.4 is 11.5 Å². The Labute approximate surface area is 86.3 Å².